The maximum atomic E-state index is 5.55. The molecule has 3 aromatic carbocycles. The molecule has 0 spiro atoms. The van der Waals surface area contributed by atoms with Crippen LogP contribution in [0.15, 0.2) is 78.9 Å². The molecule has 4 heteroatoms. The fourth-order valence-corrected chi connectivity index (χ4v) is 3.09. The Labute approximate surface area is 159 Å². The summed E-state index contributed by atoms with van der Waals surface area (Å²) in [7, 11) is 2.03. The summed E-state index contributed by atoms with van der Waals surface area (Å²) in [5.74, 6) is 2.47. The molecule has 4 rings (SSSR count). The molecular formula is C23H21N3O. The highest BCUT2D eigenvalue weighted by Gasteiger charge is 2.14. The molecule has 0 bridgehead atoms. The first-order chi connectivity index (χ1) is 13.3. The average Bonchev–Trinajstić information content (AvgIpc) is 2.74. The van der Waals surface area contributed by atoms with Crippen molar-refractivity contribution in [1.82, 2.24) is 9.97 Å². The molecule has 4 nitrogen and oxygen atoms in total. The first-order valence-corrected chi connectivity index (χ1v) is 9.05. The van der Waals surface area contributed by atoms with Gasteiger partial charge in [-0.15, -0.1) is 0 Å². The van der Waals surface area contributed by atoms with E-state index < -0.39 is 0 Å². The van der Waals surface area contributed by atoms with E-state index in [1.165, 1.54) is 0 Å². The van der Waals surface area contributed by atoms with Crippen LogP contribution in [0.5, 0.6) is 5.75 Å². The Kier molecular flexibility index (Phi) is 4.71. The number of anilines is 2. The van der Waals surface area contributed by atoms with Crippen LogP contribution in [0, 0.1) is 0 Å². The number of nitrogens with zero attached hydrogens (tertiary/aromatic N) is 3. The summed E-state index contributed by atoms with van der Waals surface area (Å²) in [5, 5.41) is 1.02. The van der Waals surface area contributed by atoms with Crippen LogP contribution in [0.2, 0.25) is 0 Å². The Morgan fingerprint density at radius 1 is 0.815 bits per heavy atom. The minimum absolute atomic E-state index is 0.659. The molecule has 1 aromatic heterocycles. The van der Waals surface area contributed by atoms with Gasteiger partial charge in [0.05, 0.1) is 12.1 Å². The molecule has 1 heterocycles. The lowest BCUT2D eigenvalue weighted by Gasteiger charge is -2.21. The lowest BCUT2D eigenvalue weighted by Crippen LogP contribution is -2.13. The maximum Gasteiger partial charge on any atom is 0.162 e. The van der Waals surface area contributed by atoms with Crippen LogP contribution in [0.1, 0.15) is 6.92 Å². The Morgan fingerprint density at radius 3 is 2.26 bits per heavy atom. The van der Waals surface area contributed by atoms with E-state index in [2.05, 4.69) is 11.0 Å². The molecule has 0 saturated heterocycles. The second kappa shape index (κ2) is 7.46. The Balaban J connectivity index is 1.81. The minimum Gasteiger partial charge on any atom is -0.494 e. The largest absolute Gasteiger partial charge is 0.494 e. The van der Waals surface area contributed by atoms with Gasteiger partial charge in [-0.3, -0.25) is 0 Å². The van der Waals surface area contributed by atoms with Gasteiger partial charge in [0.15, 0.2) is 5.82 Å². The number of para-hydroxylation sites is 1. The van der Waals surface area contributed by atoms with E-state index in [-0.39, 0.29) is 0 Å². The highest BCUT2D eigenvalue weighted by Crippen LogP contribution is 2.31. The number of rotatable bonds is 5. The van der Waals surface area contributed by atoms with Crippen molar-refractivity contribution in [2.75, 3.05) is 18.6 Å². The monoisotopic (exact) mass is 355 g/mol. The molecule has 0 fully saturated rings. The minimum atomic E-state index is 0.659. The first kappa shape index (κ1) is 17.0. The molecule has 0 aliphatic heterocycles. The van der Waals surface area contributed by atoms with Crippen molar-refractivity contribution in [2.24, 2.45) is 0 Å². The van der Waals surface area contributed by atoms with Crippen LogP contribution >= 0.6 is 0 Å². The number of aromatic nitrogens is 2. The zero-order valence-electron chi connectivity index (χ0n) is 15.5. The van der Waals surface area contributed by atoms with E-state index in [9.17, 15) is 0 Å². The normalized spacial score (nSPS) is 10.7. The van der Waals surface area contributed by atoms with Crippen molar-refractivity contribution in [3.63, 3.8) is 0 Å². The third-order valence-corrected chi connectivity index (χ3v) is 4.47. The van der Waals surface area contributed by atoms with Gasteiger partial charge in [-0.05, 0) is 43.3 Å². The molecule has 0 aliphatic rings. The average molecular weight is 355 g/mol. The summed E-state index contributed by atoms with van der Waals surface area (Å²) < 4.78 is 5.55. The second-order valence-electron chi connectivity index (χ2n) is 6.24. The standard InChI is InChI=1S/C23H21N3O/c1-3-27-19-15-13-18(14-16-19)26(2)23-20-11-7-8-12-21(20)24-22(25-23)17-9-5-4-6-10-17/h4-16H,3H2,1-2H3. The Bertz CT molecular complexity index is 1050. The quantitative estimate of drug-likeness (QED) is 0.476. The summed E-state index contributed by atoms with van der Waals surface area (Å²) in [6.45, 7) is 2.64. The van der Waals surface area contributed by atoms with Crippen LogP contribution in [0.25, 0.3) is 22.3 Å². The van der Waals surface area contributed by atoms with Crippen LogP contribution in [-0.4, -0.2) is 23.6 Å². The molecule has 0 radical (unpaired) electrons. The van der Waals surface area contributed by atoms with Gasteiger partial charge in [0.1, 0.15) is 11.6 Å². The van der Waals surface area contributed by atoms with Gasteiger partial charge in [-0.1, -0.05) is 42.5 Å². The summed E-state index contributed by atoms with van der Waals surface area (Å²) in [6.07, 6.45) is 0. The lowest BCUT2D eigenvalue weighted by molar-refractivity contribution is 0.340. The fourth-order valence-electron chi connectivity index (χ4n) is 3.09. The van der Waals surface area contributed by atoms with Crippen LogP contribution in [0.3, 0.4) is 0 Å². The number of benzene rings is 3. The summed E-state index contributed by atoms with van der Waals surface area (Å²) in [5.41, 5.74) is 2.98. The predicted molar refractivity (Wildman–Crippen MR) is 111 cm³/mol. The molecule has 4 aromatic rings. The molecule has 0 saturated carbocycles. The van der Waals surface area contributed by atoms with Gasteiger partial charge in [-0.2, -0.15) is 0 Å². The molecule has 134 valence electrons. The van der Waals surface area contributed by atoms with E-state index in [1.54, 1.807) is 0 Å². The molecule has 0 unspecified atom stereocenters. The molecule has 0 N–H and O–H groups in total. The topological polar surface area (TPSA) is 38.2 Å². The SMILES string of the molecule is CCOc1ccc(N(C)c2nc(-c3ccccc3)nc3ccccc23)cc1. The maximum absolute atomic E-state index is 5.55. The van der Waals surface area contributed by atoms with Gasteiger partial charge in [0.25, 0.3) is 0 Å². The van der Waals surface area contributed by atoms with Gasteiger partial charge < -0.3 is 9.64 Å². The smallest absolute Gasteiger partial charge is 0.162 e. The molecular weight excluding hydrogens is 334 g/mol. The predicted octanol–water partition coefficient (Wildman–Crippen LogP) is 5.46. The molecule has 0 atom stereocenters. The van der Waals surface area contributed by atoms with Crippen LogP contribution < -0.4 is 9.64 Å². The van der Waals surface area contributed by atoms with Crippen molar-refractivity contribution in [3.8, 4) is 17.1 Å². The third kappa shape index (κ3) is 3.47. The van der Waals surface area contributed by atoms with Crippen molar-refractivity contribution < 1.29 is 4.74 Å². The zero-order chi connectivity index (χ0) is 18.6. The summed E-state index contributed by atoms with van der Waals surface area (Å²) in [4.78, 5) is 11.7. The Morgan fingerprint density at radius 2 is 1.52 bits per heavy atom. The van der Waals surface area contributed by atoms with E-state index in [0.29, 0.717) is 6.61 Å². The molecule has 27 heavy (non-hydrogen) atoms. The van der Waals surface area contributed by atoms with Gasteiger partial charge in [-0.25, -0.2) is 9.97 Å². The number of hydrogen-bond donors (Lipinski definition) is 0. The third-order valence-electron chi connectivity index (χ3n) is 4.47. The van der Waals surface area contributed by atoms with Crippen molar-refractivity contribution in [2.45, 2.75) is 6.92 Å². The lowest BCUT2D eigenvalue weighted by atomic mass is 10.1. The highest BCUT2D eigenvalue weighted by atomic mass is 16.5. The van der Waals surface area contributed by atoms with Crippen LogP contribution in [0.4, 0.5) is 11.5 Å². The van der Waals surface area contributed by atoms with Crippen molar-refractivity contribution in [3.05, 3.63) is 78.9 Å². The number of fused-ring (bicyclic) bond motifs is 1. The number of ether oxygens (including phenoxy) is 1. The van der Waals surface area contributed by atoms with E-state index in [1.807, 2.05) is 86.8 Å². The summed E-state index contributed by atoms with van der Waals surface area (Å²) in [6, 6.07) is 26.2. The molecule has 0 aliphatic carbocycles. The second-order valence-corrected chi connectivity index (χ2v) is 6.24. The van der Waals surface area contributed by atoms with E-state index in [4.69, 9.17) is 14.7 Å². The van der Waals surface area contributed by atoms with Crippen molar-refractivity contribution in [1.29, 1.82) is 0 Å². The van der Waals surface area contributed by atoms with Crippen molar-refractivity contribution >= 4 is 22.4 Å². The number of hydrogen-bond acceptors (Lipinski definition) is 4. The first-order valence-electron chi connectivity index (χ1n) is 9.05. The Hall–Kier alpha value is -3.40. The van der Waals surface area contributed by atoms with Gasteiger partial charge in [0.2, 0.25) is 0 Å². The highest BCUT2D eigenvalue weighted by molar-refractivity contribution is 5.92. The molecule has 0 amide bonds. The van der Waals surface area contributed by atoms with Gasteiger partial charge in [0, 0.05) is 23.7 Å². The summed E-state index contributed by atoms with van der Waals surface area (Å²) >= 11 is 0. The van der Waals surface area contributed by atoms with E-state index >= 15 is 0 Å². The van der Waals surface area contributed by atoms with E-state index in [0.717, 1.165) is 39.5 Å². The zero-order valence-corrected chi connectivity index (χ0v) is 15.5. The fraction of sp³-hybridized carbons (Fsp3) is 0.130. The van der Waals surface area contributed by atoms with Gasteiger partial charge >= 0.3 is 0 Å². The van der Waals surface area contributed by atoms with Crippen LogP contribution in [-0.2, 0) is 0 Å².